The molecule has 1 aromatic heterocycles. The zero-order chi connectivity index (χ0) is 18.6. The normalized spacial score (nSPS) is 12.8. The predicted octanol–water partition coefficient (Wildman–Crippen LogP) is 5.56. The molecule has 1 heterocycles. The zero-order valence-corrected chi connectivity index (χ0v) is 14.4. The molecule has 0 aliphatic heterocycles. The number of benzene rings is 2. The van der Waals surface area contributed by atoms with E-state index in [1.165, 1.54) is 6.07 Å². The molecule has 3 nitrogen and oxygen atoms in total. The molecule has 0 aliphatic rings. The number of phenolic OH excluding ortho intramolecular Hbond substituents is 1. The van der Waals surface area contributed by atoms with E-state index >= 15 is 0 Å². The van der Waals surface area contributed by atoms with Gasteiger partial charge in [-0.3, -0.25) is 0 Å². The van der Waals surface area contributed by atoms with E-state index in [1.54, 1.807) is 0 Å². The second-order valence-corrected chi connectivity index (χ2v) is 7.22. The number of H-pyrrole nitrogens is 1. The second-order valence-electron chi connectivity index (χ2n) is 7.22. The number of halogens is 3. The number of imidazole rings is 1. The average molecular weight is 348 g/mol. The van der Waals surface area contributed by atoms with Gasteiger partial charge in [-0.05, 0) is 36.1 Å². The highest BCUT2D eigenvalue weighted by Gasteiger charge is 2.31. The van der Waals surface area contributed by atoms with Crippen LogP contribution in [0.1, 0.15) is 37.5 Å². The van der Waals surface area contributed by atoms with E-state index in [0.717, 1.165) is 23.3 Å². The summed E-state index contributed by atoms with van der Waals surface area (Å²) in [7, 11) is 0. The Morgan fingerprint density at radius 3 is 2.32 bits per heavy atom. The van der Waals surface area contributed by atoms with Crippen molar-refractivity contribution in [2.24, 2.45) is 0 Å². The van der Waals surface area contributed by atoms with Gasteiger partial charge in [-0.2, -0.15) is 13.2 Å². The lowest BCUT2D eigenvalue weighted by Crippen LogP contribution is -2.12. The number of fused-ring (bicyclic) bond motifs is 1. The number of hydrogen-bond acceptors (Lipinski definition) is 2. The average Bonchev–Trinajstić information content (AvgIpc) is 2.87. The molecule has 132 valence electrons. The Morgan fingerprint density at radius 2 is 1.72 bits per heavy atom. The monoisotopic (exact) mass is 348 g/mol. The number of alkyl halides is 3. The SMILES string of the molecule is Cc1ccc(C(C)(C)C)c(O)c1-c1nc2cc(C(F)(F)F)ccc2[nH]1. The molecule has 0 saturated carbocycles. The van der Waals surface area contributed by atoms with Gasteiger partial charge in [0.2, 0.25) is 0 Å². The smallest absolute Gasteiger partial charge is 0.416 e. The first-order valence-corrected chi connectivity index (χ1v) is 7.89. The lowest BCUT2D eigenvalue weighted by molar-refractivity contribution is -0.137. The Morgan fingerprint density at radius 1 is 1.04 bits per heavy atom. The number of aromatic amines is 1. The molecule has 2 N–H and O–H groups in total. The van der Waals surface area contributed by atoms with Crippen molar-refractivity contribution in [2.75, 3.05) is 0 Å². The lowest BCUT2D eigenvalue weighted by atomic mass is 9.84. The van der Waals surface area contributed by atoms with Crippen LogP contribution in [-0.4, -0.2) is 15.1 Å². The predicted molar refractivity (Wildman–Crippen MR) is 91.6 cm³/mol. The summed E-state index contributed by atoms with van der Waals surface area (Å²) in [5, 5.41) is 10.7. The van der Waals surface area contributed by atoms with Gasteiger partial charge in [-0.1, -0.05) is 32.9 Å². The first-order chi connectivity index (χ1) is 11.5. The summed E-state index contributed by atoms with van der Waals surface area (Å²) in [5.41, 5.74) is 1.74. The van der Waals surface area contributed by atoms with Gasteiger partial charge in [0.1, 0.15) is 11.6 Å². The maximum absolute atomic E-state index is 12.9. The number of nitrogens with one attached hydrogen (secondary N) is 1. The molecule has 0 fully saturated rings. The summed E-state index contributed by atoms with van der Waals surface area (Å²) in [6.45, 7) is 7.77. The highest BCUT2D eigenvalue weighted by Crippen LogP contribution is 2.40. The molecule has 2 aromatic carbocycles. The Hall–Kier alpha value is -2.50. The van der Waals surface area contributed by atoms with Crippen LogP contribution in [0.3, 0.4) is 0 Å². The minimum Gasteiger partial charge on any atom is -0.507 e. The van der Waals surface area contributed by atoms with Gasteiger partial charge in [0.15, 0.2) is 0 Å². The minimum absolute atomic E-state index is 0.0996. The van der Waals surface area contributed by atoms with Gasteiger partial charge in [0.25, 0.3) is 0 Å². The molecule has 3 rings (SSSR count). The molecule has 0 atom stereocenters. The van der Waals surface area contributed by atoms with Crippen molar-refractivity contribution in [1.29, 1.82) is 0 Å². The van der Waals surface area contributed by atoms with Crippen molar-refractivity contribution in [3.8, 4) is 17.1 Å². The Balaban J connectivity index is 2.20. The van der Waals surface area contributed by atoms with Gasteiger partial charge in [-0.25, -0.2) is 4.98 Å². The molecule has 3 aromatic rings. The van der Waals surface area contributed by atoms with E-state index in [4.69, 9.17) is 0 Å². The number of rotatable bonds is 1. The summed E-state index contributed by atoms with van der Waals surface area (Å²) in [6, 6.07) is 7.12. The van der Waals surface area contributed by atoms with E-state index in [2.05, 4.69) is 9.97 Å². The van der Waals surface area contributed by atoms with Crippen LogP contribution in [0, 0.1) is 6.92 Å². The van der Waals surface area contributed by atoms with Gasteiger partial charge < -0.3 is 10.1 Å². The molecule has 0 saturated heterocycles. The van der Waals surface area contributed by atoms with E-state index in [1.807, 2.05) is 39.8 Å². The number of aromatic hydroxyl groups is 1. The third kappa shape index (κ3) is 3.08. The summed E-state index contributed by atoms with van der Waals surface area (Å²) >= 11 is 0. The standard InChI is InChI=1S/C19H19F3N2O/c1-10-5-7-12(18(2,3)4)16(25)15(10)17-23-13-8-6-11(19(20,21)22)9-14(13)24-17/h5-9,25H,1-4H3,(H,23,24). The van der Waals surface area contributed by atoms with Crippen LogP contribution in [0.4, 0.5) is 13.2 Å². The van der Waals surface area contributed by atoms with E-state index < -0.39 is 11.7 Å². The zero-order valence-electron chi connectivity index (χ0n) is 14.4. The lowest BCUT2D eigenvalue weighted by Gasteiger charge is -2.22. The molecule has 0 spiro atoms. The first kappa shape index (κ1) is 17.3. The molecule has 0 unspecified atom stereocenters. The number of aryl methyl sites for hydroxylation is 1. The van der Waals surface area contributed by atoms with Crippen molar-refractivity contribution in [3.05, 3.63) is 47.0 Å². The molecule has 6 heteroatoms. The molecule has 0 amide bonds. The fourth-order valence-electron chi connectivity index (χ4n) is 2.90. The van der Waals surface area contributed by atoms with Crippen LogP contribution in [0.15, 0.2) is 30.3 Å². The molecule has 0 bridgehead atoms. The summed E-state index contributed by atoms with van der Waals surface area (Å²) in [5.74, 6) is 0.457. The van der Waals surface area contributed by atoms with Gasteiger partial charge >= 0.3 is 6.18 Å². The van der Waals surface area contributed by atoms with Crippen LogP contribution in [-0.2, 0) is 11.6 Å². The number of hydrogen-bond donors (Lipinski definition) is 2. The van der Waals surface area contributed by atoms with Crippen LogP contribution >= 0.6 is 0 Å². The molecular weight excluding hydrogens is 329 g/mol. The molecule has 25 heavy (non-hydrogen) atoms. The second kappa shape index (κ2) is 5.51. The van der Waals surface area contributed by atoms with Crippen LogP contribution in [0.2, 0.25) is 0 Å². The number of aromatic nitrogens is 2. The van der Waals surface area contributed by atoms with Crippen LogP contribution in [0.5, 0.6) is 5.75 Å². The Labute approximate surface area is 143 Å². The van der Waals surface area contributed by atoms with Crippen LogP contribution in [0.25, 0.3) is 22.4 Å². The molecule has 0 aliphatic carbocycles. The fraction of sp³-hybridized carbons (Fsp3) is 0.316. The Kier molecular flexibility index (Phi) is 3.82. The van der Waals surface area contributed by atoms with Gasteiger partial charge in [0, 0.05) is 5.56 Å². The van der Waals surface area contributed by atoms with Crippen molar-refractivity contribution in [3.63, 3.8) is 0 Å². The molecule has 0 radical (unpaired) electrons. The van der Waals surface area contributed by atoms with E-state index in [0.29, 0.717) is 16.9 Å². The first-order valence-electron chi connectivity index (χ1n) is 7.89. The van der Waals surface area contributed by atoms with Gasteiger partial charge in [0.05, 0.1) is 22.2 Å². The highest BCUT2D eigenvalue weighted by molar-refractivity contribution is 5.82. The summed E-state index contributed by atoms with van der Waals surface area (Å²) in [4.78, 5) is 7.30. The third-order valence-corrected chi connectivity index (χ3v) is 4.24. The van der Waals surface area contributed by atoms with Gasteiger partial charge in [-0.15, -0.1) is 0 Å². The highest BCUT2D eigenvalue weighted by atomic mass is 19.4. The fourth-order valence-corrected chi connectivity index (χ4v) is 2.90. The summed E-state index contributed by atoms with van der Waals surface area (Å²) in [6.07, 6.45) is -4.42. The largest absolute Gasteiger partial charge is 0.507 e. The quantitative estimate of drug-likeness (QED) is 0.605. The van der Waals surface area contributed by atoms with Crippen molar-refractivity contribution in [1.82, 2.24) is 9.97 Å². The van der Waals surface area contributed by atoms with Crippen LogP contribution < -0.4 is 0 Å². The molecular formula is C19H19F3N2O. The van der Waals surface area contributed by atoms with Crippen molar-refractivity contribution >= 4 is 11.0 Å². The maximum atomic E-state index is 12.9. The number of nitrogens with zero attached hydrogens (tertiary/aromatic N) is 1. The maximum Gasteiger partial charge on any atom is 0.416 e. The van der Waals surface area contributed by atoms with Crippen molar-refractivity contribution < 1.29 is 18.3 Å². The Bertz CT molecular complexity index is 950. The topological polar surface area (TPSA) is 48.9 Å². The van der Waals surface area contributed by atoms with E-state index in [-0.39, 0.29) is 16.7 Å². The van der Waals surface area contributed by atoms with Crippen molar-refractivity contribution in [2.45, 2.75) is 39.3 Å². The van der Waals surface area contributed by atoms with E-state index in [9.17, 15) is 18.3 Å². The summed E-state index contributed by atoms with van der Waals surface area (Å²) < 4.78 is 38.6. The number of phenols is 1. The minimum atomic E-state index is -4.42. The third-order valence-electron chi connectivity index (χ3n) is 4.24.